The van der Waals surface area contributed by atoms with E-state index in [2.05, 4.69) is 5.32 Å². The Morgan fingerprint density at radius 1 is 1.07 bits per heavy atom. The van der Waals surface area contributed by atoms with Gasteiger partial charge in [-0.05, 0) is 42.5 Å². The number of anilines is 1. The van der Waals surface area contributed by atoms with Gasteiger partial charge in [0.2, 0.25) is 0 Å². The minimum atomic E-state index is -0.683. The maximum absolute atomic E-state index is 11.9. The second-order valence-corrected chi connectivity index (χ2v) is 6.06. The van der Waals surface area contributed by atoms with Crippen LogP contribution in [-0.4, -0.2) is 32.7 Å². The molecule has 0 spiro atoms. The van der Waals surface area contributed by atoms with Crippen LogP contribution in [0.1, 0.15) is 5.56 Å². The average molecular weight is 410 g/mol. The first kappa shape index (κ1) is 20.6. The second-order valence-electron chi connectivity index (χ2n) is 5.22. The van der Waals surface area contributed by atoms with Crippen molar-refractivity contribution >= 4 is 46.8 Å². The van der Waals surface area contributed by atoms with Gasteiger partial charge in [0.05, 0.1) is 24.9 Å². The zero-order chi connectivity index (χ0) is 19.8. The van der Waals surface area contributed by atoms with Gasteiger partial charge in [0.1, 0.15) is 11.5 Å². The van der Waals surface area contributed by atoms with Crippen molar-refractivity contribution < 1.29 is 23.8 Å². The quantitative estimate of drug-likeness (QED) is 0.547. The Kier molecular flexibility index (Phi) is 7.52. The smallest absolute Gasteiger partial charge is 0.331 e. The van der Waals surface area contributed by atoms with Crippen molar-refractivity contribution in [3.63, 3.8) is 0 Å². The van der Waals surface area contributed by atoms with Crippen molar-refractivity contribution in [1.29, 1.82) is 0 Å². The molecule has 2 aromatic carbocycles. The molecule has 142 valence electrons. The molecule has 0 unspecified atom stereocenters. The average Bonchev–Trinajstić information content (AvgIpc) is 2.66. The molecule has 0 atom stereocenters. The van der Waals surface area contributed by atoms with Gasteiger partial charge < -0.3 is 19.5 Å². The molecule has 27 heavy (non-hydrogen) atoms. The first-order valence-corrected chi connectivity index (χ1v) is 8.50. The molecule has 0 aliphatic heterocycles. The van der Waals surface area contributed by atoms with Crippen LogP contribution >= 0.6 is 23.2 Å². The maximum atomic E-state index is 11.9. The van der Waals surface area contributed by atoms with E-state index < -0.39 is 18.5 Å². The molecule has 0 fully saturated rings. The first-order chi connectivity index (χ1) is 12.9. The van der Waals surface area contributed by atoms with Crippen molar-refractivity contribution in [2.75, 3.05) is 26.1 Å². The highest BCUT2D eigenvalue weighted by Gasteiger charge is 2.09. The van der Waals surface area contributed by atoms with Crippen LogP contribution in [0.15, 0.2) is 42.5 Å². The van der Waals surface area contributed by atoms with E-state index in [0.29, 0.717) is 27.8 Å². The summed E-state index contributed by atoms with van der Waals surface area (Å²) in [6, 6.07) is 9.79. The summed E-state index contributed by atoms with van der Waals surface area (Å²) in [5.74, 6) is -0.0322. The number of nitrogens with one attached hydrogen (secondary N) is 1. The minimum absolute atomic E-state index is 0.284. The summed E-state index contributed by atoms with van der Waals surface area (Å²) in [7, 11) is 3.05. The van der Waals surface area contributed by atoms with Crippen LogP contribution in [0.4, 0.5) is 5.69 Å². The summed E-state index contributed by atoms with van der Waals surface area (Å²) in [5.41, 5.74) is 1.00. The van der Waals surface area contributed by atoms with Gasteiger partial charge in [-0.15, -0.1) is 0 Å². The highest BCUT2D eigenvalue weighted by molar-refractivity contribution is 6.36. The fourth-order valence-electron chi connectivity index (χ4n) is 2.09. The van der Waals surface area contributed by atoms with Crippen LogP contribution < -0.4 is 14.8 Å². The predicted molar refractivity (Wildman–Crippen MR) is 105 cm³/mol. The molecule has 1 N–H and O–H groups in total. The molecule has 0 aliphatic rings. The largest absolute Gasteiger partial charge is 0.497 e. The number of halogens is 2. The molecular weight excluding hydrogens is 393 g/mol. The third-order valence-electron chi connectivity index (χ3n) is 3.39. The number of ether oxygens (including phenoxy) is 3. The van der Waals surface area contributed by atoms with Crippen molar-refractivity contribution in [3.05, 3.63) is 58.1 Å². The zero-order valence-corrected chi connectivity index (χ0v) is 16.1. The van der Waals surface area contributed by atoms with Crippen molar-refractivity contribution in [3.8, 4) is 11.5 Å². The summed E-state index contributed by atoms with van der Waals surface area (Å²) in [5, 5.41) is 3.26. The molecule has 0 heterocycles. The number of benzene rings is 2. The van der Waals surface area contributed by atoms with E-state index in [1.807, 2.05) is 0 Å². The van der Waals surface area contributed by atoms with Gasteiger partial charge >= 0.3 is 5.97 Å². The Balaban J connectivity index is 1.92. The van der Waals surface area contributed by atoms with Gasteiger partial charge in [-0.25, -0.2) is 4.79 Å². The molecule has 6 nitrogen and oxygen atoms in total. The topological polar surface area (TPSA) is 73.9 Å². The van der Waals surface area contributed by atoms with E-state index in [0.717, 1.165) is 0 Å². The Labute approximate surface area is 166 Å². The first-order valence-electron chi connectivity index (χ1n) is 7.74. The molecule has 2 rings (SSSR count). The monoisotopic (exact) mass is 409 g/mol. The molecule has 0 aromatic heterocycles. The lowest BCUT2D eigenvalue weighted by atomic mass is 10.1. The van der Waals surface area contributed by atoms with E-state index in [-0.39, 0.29) is 5.02 Å². The van der Waals surface area contributed by atoms with E-state index in [1.54, 1.807) is 30.3 Å². The summed E-state index contributed by atoms with van der Waals surface area (Å²) in [6.45, 7) is -0.461. The summed E-state index contributed by atoms with van der Waals surface area (Å²) >= 11 is 11.8. The molecule has 0 radical (unpaired) electrons. The predicted octanol–water partition coefficient (Wildman–Crippen LogP) is 4.21. The van der Waals surface area contributed by atoms with Crippen LogP contribution in [0, 0.1) is 0 Å². The summed E-state index contributed by atoms with van der Waals surface area (Å²) in [4.78, 5) is 23.7. The summed E-state index contributed by atoms with van der Waals surface area (Å²) < 4.78 is 15.3. The summed E-state index contributed by atoms with van der Waals surface area (Å²) in [6.07, 6.45) is 2.71. The number of hydrogen-bond donors (Lipinski definition) is 1. The van der Waals surface area contributed by atoms with Crippen molar-refractivity contribution in [2.24, 2.45) is 0 Å². The molecule has 0 aliphatic carbocycles. The van der Waals surface area contributed by atoms with Gasteiger partial charge in [0.25, 0.3) is 5.91 Å². The van der Waals surface area contributed by atoms with Gasteiger partial charge in [-0.2, -0.15) is 0 Å². The molecule has 1 amide bonds. The Morgan fingerprint density at radius 2 is 1.85 bits per heavy atom. The van der Waals surface area contributed by atoms with Crippen LogP contribution in [-0.2, 0) is 14.3 Å². The number of esters is 1. The third kappa shape index (κ3) is 6.20. The second kappa shape index (κ2) is 9.85. The molecule has 0 bridgehead atoms. The number of hydrogen-bond acceptors (Lipinski definition) is 5. The lowest BCUT2D eigenvalue weighted by Crippen LogP contribution is -2.20. The minimum Gasteiger partial charge on any atom is -0.497 e. The van der Waals surface area contributed by atoms with E-state index in [4.69, 9.17) is 37.4 Å². The van der Waals surface area contributed by atoms with Crippen LogP contribution in [0.25, 0.3) is 6.08 Å². The molecule has 0 saturated carbocycles. The van der Waals surface area contributed by atoms with Crippen LogP contribution in [0.2, 0.25) is 10.0 Å². The molecular formula is C19H17Cl2NO5. The van der Waals surface area contributed by atoms with E-state index in [9.17, 15) is 9.59 Å². The normalized spacial score (nSPS) is 10.5. The SMILES string of the molecule is COc1ccc(OC)c(/C=C/C(=O)OCC(=O)Nc2ccc(Cl)cc2Cl)c1. The van der Waals surface area contributed by atoms with Gasteiger partial charge in [-0.1, -0.05) is 23.2 Å². The fourth-order valence-corrected chi connectivity index (χ4v) is 2.55. The highest BCUT2D eigenvalue weighted by atomic mass is 35.5. The van der Waals surface area contributed by atoms with Gasteiger partial charge in [-0.3, -0.25) is 4.79 Å². The number of rotatable bonds is 7. The van der Waals surface area contributed by atoms with Gasteiger partial charge in [0.15, 0.2) is 6.61 Å². The highest BCUT2D eigenvalue weighted by Crippen LogP contribution is 2.26. The van der Waals surface area contributed by atoms with E-state index >= 15 is 0 Å². The third-order valence-corrected chi connectivity index (χ3v) is 3.93. The number of carbonyl (C=O) groups is 2. The number of carbonyl (C=O) groups excluding carboxylic acids is 2. The lowest BCUT2D eigenvalue weighted by molar-refractivity contribution is -0.142. The van der Waals surface area contributed by atoms with Gasteiger partial charge in [0, 0.05) is 16.7 Å². The molecule has 2 aromatic rings. The zero-order valence-electron chi connectivity index (χ0n) is 14.6. The molecule has 8 heteroatoms. The van der Waals surface area contributed by atoms with Crippen LogP contribution in [0.3, 0.4) is 0 Å². The molecule has 0 saturated heterocycles. The Morgan fingerprint density at radius 3 is 2.52 bits per heavy atom. The van der Waals surface area contributed by atoms with Crippen LogP contribution in [0.5, 0.6) is 11.5 Å². The van der Waals surface area contributed by atoms with Crippen molar-refractivity contribution in [1.82, 2.24) is 0 Å². The maximum Gasteiger partial charge on any atom is 0.331 e. The Hall–Kier alpha value is -2.70. The Bertz CT molecular complexity index is 867. The number of amides is 1. The fraction of sp³-hybridized carbons (Fsp3) is 0.158. The lowest BCUT2D eigenvalue weighted by Gasteiger charge is -2.08. The standard InChI is InChI=1S/C19H17Cl2NO5/c1-25-14-5-7-17(26-2)12(9-14)3-8-19(24)27-11-18(23)22-16-6-4-13(20)10-15(16)21/h3-10H,11H2,1-2H3,(H,22,23)/b8-3+. The number of methoxy groups -OCH3 is 2. The van der Waals surface area contributed by atoms with Crippen molar-refractivity contribution in [2.45, 2.75) is 0 Å². The van der Waals surface area contributed by atoms with E-state index in [1.165, 1.54) is 32.4 Å².